The fourth-order valence-electron chi connectivity index (χ4n) is 6.15. The molecule has 3 aromatic rings. The van der Waals surface area contributed by atoms with Crippen molar-refractivity contribution in [1.82, 2.24) is 5.32 Å². The zero-order valence-corrected chi connectivity index (χ0v) is 30.4. The van der Waals surface area contributed by atoms with Gasteiger partial charge < -0.3 is 34.1 Å². The van der Waals surface area contributed by atoms with Crippen molar-refractivity contribution in [3.63, 3.8) is 0 Å². The number of carbonyl (C=O) groups excluding carboxylic acids is 4. The molecular weight excluding hydrogens is 723 g/mol. The number of esters is 3. The first-order chi connectivity index (χ1) is 26.1. The minimum absolute atomic E-state index is 0.0294. The van der Waals surface area contributed by atoms with Gasteiger partial charge in [-0.15, -0.1) is 0 Å². The molecule has 1 fully saturated rings. The minimum Gasteiger partial charge on any atom is -0.460 e. The molecule has 0 saturated carbocycles. The van der Waals surface area contributed by atoms with Crippen molar-refractivity contribution in [1.29, 1.82) is 0 Å². The van der Waals surface area contributed by atoms with E-state index in [4.69, 9.17) is 18.9 Å². The Kier molecular flexibility index (Phi) is 13.0. The summed E-state index contributed by atoms with van der Waals surface area (Å²) in [6, 6.07) is 23.4. The molecule has 1 saturated heterocycles. The third-order valence-corrected chi connectivity index (χ3v) is 8.57. The maximum atomic E-state index is 13.9. The lowest BCUT2D eigenvalue weighted by atomic mass is 9.91. The summed E-state index contributed by atoms with van der Waals surface area (Å²) < 4.78 is 66.7. The third-order valence-electron chi connectivity index (χ3n) is 8.57. The van der Waals surface area contributed by atoms with E-state index in [0.29, 0.717) is 11.1 Å². The molecule has 1 aliphatic carbocycles. The van der Waals surface area contributed by atoms with Crippen molar-refractivity contribution in [2.75, 3.05) is 13.2 Å². The van der Waals surface area contributed by atoms with Gasteiger partial charge in [0.1, 0.15) is 23.9 Å². The van der Waals surface area contributed by atoms with E-state index in [1.807, 2.05) is 60.7 Å². The molecule has 1 aliphatic heterocycles. The van der Waals surface area contributed by atoms with Crippen LogP contribution in [0.5, 0.6) is 0 Å². The number of hydrogen-bond donors (Lipinski definition) is 2. The summed E-state index contributed by atoms with van der Waals surface area (Å²) in [6.07, 6.45) is -4.34. The van der Waals surface area contributed by atoms with Crippen LogP contribution in [0.3, 0.4) is 0 Å². The van der Waals surface area contributed by atoms with Crippen LogP contribution in [0, 0.1) is 0 Å². The number of rotatable bonds is 13. The Morgan fingerprint density at radius 3 is 2.15 bits per heavy atom. The maximum Gasteiger partial charge on any atom is 0.422 e. The number of ether oxygens (including phenoxy) is 5. The molecule has 0 radical (unpaired) electrons. The summed E-state index contributed by atoms with van der Waals surface area (Å²) in [6.45, 7) is 2.96. The molecule has 1 amide bonds. The molecule has 2 aliphatic rings. The summed E-state index contributed by atoms with van der Waals surface area (Å²) in [7, 11) is 0. The van der Waals surface area contributed by atoms with E-state index >= 15 is 0 Å². The highest BCUT2D eigenvalue weighted by atomic mass is 19.4. The summed E-state index contributed by atoms with van der Waals surface area (Å²) >= 11 is 0. The van der Waals surface area contributed by atoms with Gasteiger partial charge in [-0.05, 0) is 51.0 Å². The Balaban J connectivity index is 1.43. The van der Waals surface area contributed by atoms with Crippen LogP contribution in [-0.2, 0) is 43.9 Å². The van der Waals surface area contributed by atoms with E-state index in [1.54, 1.807) is 32.9 Å². The zero-order valence-electron chi connectivity index (χ0n) is 30.4. The molecule has 5 rings (SSSR count). The average molecular weight is 766 g/mol. The highest BCUT2D eigenvalue weighted by Crippen LogP contribution is 2.47. The third kappa shape index (κ3) is 10.9. The van der Waals surface area contributed by atoms with Crippen LogP contribution in [0.15, 0.2) is 103 Å². The highest BCUT2D eigenvalue weighted by Gasteiger charge is 2.55. The van der Waals surface area contributed by atoms with E-state index in [1.165, 1.54) is 18.2 Å². The number of aliphatic hydroxyl groups excluding tert-OH is 1. The van der Waals surface area contributed by atoms with Gasteiger partial charge >= 0.3 is 24.1 Å². The summed E-state index contributed by atoms with van der Waals surface area (Å²) in [5.74, 6) is -4.71. The number of benzene rings is 3. The Morgan fingerprint density at radius 2 is 1.55 bits per heavy atom. The minimum atomic E-state index is -4.71. The largest absolute Gasteiger partial charge is 0.460 e. The van der Waals surface area contributed by atoms with Gasteiger partial charge in [0.25, 0.3) is 0 Å². The van der Waals surface area contributed by atoms with Crippen LogP contribution in [0.25, 0.3) is 6.08 Å². The smallest absolute Gasteiger partial charge is 0.422 e. The van der Waals surface area contributed by atoms with Gasteiger partial charge in [0.05, 0.1) is 18.2 Å². The predicted molar refractivity (Wildman–Crippen MR) is 192 cm³/mol. The van der Waals surface area contributed by atoms with Crippen molar-refractivity contribution in [2.45, 2.75) is 82.0 Å². The van der Waals surface area contributed by atoms with Gasteiger partial charge in [-0.3, -0.25) is 9.59 Å². The molecular formula is C41H42F3NO10. The average Bonchev–Trinajstić information content (AvgIpc) is 3.56. The fourth-order valence-corrected chi connectivity index (χ4v) is 6.15. The summed E-state index contributed by atoms with van der Waals surface area (Å²) in [4.78, 5) is 52.0. The van der Waals surface area contributed by atoms with Gasteiger partial charge in [-0.25, -0.2) is 9.59 Å². The molecule has 0 unspecified atom stereocenters. The highest BCUT2D eigenvalue weighted by molar-refractivity contribution is 5.96. The Labute approximate surface area is 316 Å². The van der Waals surface area contributed by atoms with E-state index in [0.717, 1.165) is 12.2 Å². The molecule has 2 N–H and O–H groups in total. The number of fused-ring (bicyclic) bond motifs is 1. The first-order valence-corrected chi connectivity index (χ1v) is 17.6. The van der Waals surface area contributed by atoms with Crippen LogP contribution >= 0.6 is 0 Å². The van der Waals surface area contributed by atoms with E-state index in [-0.39, 0.29) is 36.0 Å². The number of nitrogens with one attached hydrogen (secondary N) is 1. The van der Waals surface area contributed by atoms with Crippen molar-refractivity contribution in [3.8, 4) is 0 Å². The summed E-state index contributed by atoms with van der Waals surface area (Å²) in [5.41, 5.74) is 0.849. The molecule has 3 aromatic carbocycles. The molecule has 55 heavy (non-hydrogen) atoms. The van der Waals surface area contributed by atoms with Crippen LogP contribution in [0.4, 0.5) is 13.2 Å². The Bertz CT molecular complexity index is 1850. The lowest BCUT2D eigenvalue weighted by molar-refractivity contribution is -0.182. The Hall–Kier alpha value is -5.31. The van der Waals surface area contributed by atoms with Gasteiger partial charge in [-0.1, -0.05) is 78.9 Å². The molecule has 0 bridgehead atoms. The maximum absolute atomic E-state index is 13.9. The zero-order chi connectivity index (χ0) is 39.8. The van der Waals surface area contributed by atoms with Gasteiger partial charge in [0.15, 0.2) is 6.61 Å². The number of hydrogen-bond acceptors (Lipinski definition) is 10. The number of aliphatic hydroxyl groups is 1. The standard InChI is InChI=1S/C41H42F3NO10/c1-39(2,3)54-35(48)21-19-30(24-46)45-37(49)27-22-32(52-38(50)31-17-11-10-12-26(31)18-20-34(47)51-25-40(42,43)44)36-33(23-27)53-41(55-36,28-13-6-4-7-14-28)29-15-8-5-9-16-29/h4-18,20,23,30,32-33,36,46H,19,21-22,24-25H2,1-3H3,(H,45,49)/t30-,32+,33+,36-/m0/s1. The second-order valence-electron chi connectivity index (χ2n) is 14.0. The first kappa shape index (κ1) is 40.9. The summed E-state index contributed by atoms with van der Waals surface area (Å²) in [5, 5.41) is 12.8. The van der Waals surface area contributed by atoms with Crippen molar-refractivity contribution in [3.05, 3.63) is 125 Å². The van der Waals surface area contributed by atoms with Gasteiger partial charge in [0.2, 0.25) is 11.7 Å². The van der Waals surface area contributed by atoms with Gasteiger partial charge in [-0.2, -0.15) is 13.2 Å². The fraction of sp³-hybridized carbons (Fsp3) is 0.366. The van der Waals surface area contributed by atoms with Crippen molar-refractivity contribution >= 4 is 29.9 Å². The molecule has 14 heteroatoms. The normalized spacial score (nSPS) is 19.8. The van der Waals surface area contributed by atoms with E-state index in [2.05, 4.69) is 10.1 Å². The van der Waals surface area contributed by atoms with Crippen molar-refractivity contribution in [2.24, 2.45) is 0 Å². The number of alkyl halides is 3. The quantitative estimate of drug-likeness (QED) is 0.122. The number of carbonyl (C=O) groups is 4. The van der Waals surface area contributed by atoms with E-state index < -0.39 is 78.9 Å². The Morgan fingerprint density at radius 1 is 0.927 bits per heavy atom. The topological polar surface area (TPSA) is 147 Å². The molecule has 11 nitrogen and oxygen atoms in total. The SMILES string of the molecule is CC(C)(C)OC(=O)CC[C@@H](CO)NC(=O)C1=C[C@H]2OC(c3ccccc3)(c3ccccc3)O[C@H]2[C@H](OC(=O)c2ccccc2C=CC(=O)OCC(F)(F)F)C1. The molecule has 0 aromatic heterocycles. The van der Waals surface area contributed by atoms with E-state index in [9.17, 15) is 37.5 Å². The van der Waals surface area contributed by atoms with Crippen molar-refractivity contribution < 1.29 is 61.1 Å². The van der Waals surface area contributed by atoms with Crippen LogP contribution < -0.4 is 5.32 Å². The lowest BCUT2D eigenvalue weighted by Gasteiger charge is -2.31. The second kappa shape index (κ2) is 17.4. The second-order valence-corrected chi connectivity index (χ2v) is 14.0. The monoisotopic (exact) mass is 765 g/mol. The van der Waals surface area contributed by atoms with Crippen LogP contribution in [-0.4, -0.2) is 78.3 Å². The molecule has 4 atom stereocenters. The number of halogens is 3. The first-order valence-electron chi connectivity index (χ1n) is 17.6. The predicted octanol–water partition coefficient (Wildman–Crippen LogP) is 5.95. The van der Waals surface area contributed by atoms with Crippen LogP contribution in [0.2, 0.25) is 0 Å². The number of amides is 1. The molecule has 0 spiro atoms. The van der Waals surface area contributed by atoms with Crippen LogP contribution in [0.1, 0.15) is 67.1 Å². The lowest BCUT2D eigenvalue weighted by Crippen LogP contribution is -2.45. The molecule has 292 valence electrons. The molecule has 1 heterocycles. The van der Waals surface area contributed by atoms with Gasteiger partial charge in [0, 0.05) is 35.6 Å².